The summed E-state index contributed by atoms with van der Waals surface area (Å²) in [6, 6.07) is 6.11. The summed E-state index contributed by atoms with van der Waals surface area (Å²) in [5.41, 5.74) is 11.5. The molecule has 15 heteroatoms. The van der Waals surface area contributed by atoms with Gasteiger partial charge in [0.25, 0.3) is 0 Å². The van der Waals surface area contributed by atoms with Gasteiger partial charge in [0.2, 0.25) is 5.91 Å². The zero-order chi connectivity index (χ0) is 30.2. The predicted molar refractivity (Wildman–Crippen MR) is 144 cm³/mol. The SMILES string of the molecule is NC(=O)C1CCN(Cc2cc(-c3ccc(NC(=O)Nc4cc(C(F)(F)F)ccc4F)c(F)c3)c3c(N)ncnn23)CC1. The molecule has 1 aliphatic rings. The number of urea groups is 1. The molecule has 2 aromatic heterocycles. The van der Waals surface area contributed by atoms with Gasteiger partial charge in [0.05, 0.1) is 22.6 Å². The number of anilines is 3. The lowest BCUT2D eigenvalue weighted by Gasteiger charge is -2.30. The number of primary amides is 1. The minimum atomic E-state index is -4.75. The molecule has 1 aliphatic heterocycles. The van der Waals surface area contributed by atoms with E-state index < -0.39 is 35.1 Å². The van der Waals surface area contributed by atoms with Gasteiger partial charge >= 0.3 is 12.2 Å². The summed E-state index contributed by atoms with van der Waals surface area (Å²) < 4.78 is 69.6. The first-order valence-electron chi connectivity index (χ1n) is 12.8. The fraction of sp³-hybridized carbons (Fsp3) is 0.259. The van der Waals surface area contributed by atoms with Crippen molar-refractivity contribution in [2.75, 3.05) is 29.5 Å². The number of piperidine rings is 1. The van der Waals surface area contributed by atoms with Gasteiger partial charge in [0, 0.05) is 18.0 Å². The van der Waals surface area contributed by atoms with E-state index in [1.807, 2.05) is 5.32 Å². The van der Waals surface area contributed by atoms with Crippen LogP contribution < -0.4 is 22.1 Å². The van der Waals surface area contributed by atoms with Gasteiger partial charge in [-0.25, -0.2) is 23.1 Å². The van der Waals surface area contributed by atoms with E-state index in [0.717, 1.165) is 11.8 Å². The Labute approximate surface area is 235 Å². The molecule has 6 N–H and O–H groups in total. The molecular formula is C27H25F5N8O2. The summed E-state index contributed by atoms with van der Waals surface area (Å²) in [5.74, 6) is -2.28. The van der Waals surface area contributed by atoms with Gasteiger partial charge in [0.15, 0.2) is 5.82 Å². The number of nitrogens with one attached hydrogen (secondary N) is 2. The summed E-state index contributed by atoms with van der Waals surface area (Å²) in [6.45, 7) is 1.77. The fourth-order valence-electron chi connectivity index (χ4n) is 4.93. The van der Waals surface area contributed by atoms with Gasteiger partial charge in [-0.3, -0.25) is 9.69 Å². The lowest BCUT2D eigenvalue weighted by atomic mass is 9.96. The molecule has 4 aromatic rings. The number of aromatic nitrogens is 3. The summed E-state index contributed by atoms with van der Waals surface area (Å²) in [4.78, 5) is 30.1. The second-order valence-corrected chi connectivity index (χ2v) is 9.87. The molecule has 0 saturated carbocycles. The van der Waals surface area contributed by atoms with Crippen molar-refractivity contribution >= 4 is 34.6 Å². The molecule has 0 radical (unpaired) electrons. The number of alkyl halides is 3. The Morgan fingerprint density at radius 3 is 2.36 bits per heavy atom. The second-order valence-electron chi connectivity index (χ2n) is 9.87. The molecule has 0 aliphatic carbocycles. The van der Waals surface area contributed by atoms with Crippen LogP contribution in [0.1, 0.15) is 24.1 Å². The number of fused-ring (bicyclic) bond motifs is 1. The molecule has 1 saturated heterocycles. The van der Waals surface area contributed by atoms with Crippen LogP contribution in [0.4, 0.5) is 43.9 Å². The molecule has 0 bridgehead atoms. The summed E-state index contributed by atoms with van der Waals surface area (Å²) in [5, 5.41) is 8.45. The second kappa shape index (κ2) is 11.2. The Morgan fingerprint density at radius 2 is 1.69 bits per heavy atom. The molecule has 0 atom stereocenters. The Kier molecular flexibility index (Phi) is 7.69. The Hall–Kier alpha value is -4.79. The van der Waals surface area contributed by atoms with Gasteiger partial charge in [-0.15, -0.1) is 0 Å². The molecule has 3 amide bonds. The number of likely N-dealkylation sites (tertiary alicyclic amines) is 1. The quantitative estimate of drug-likeness (QED) is 0.242. The van der Waals surface area contributed by atoms with Gasteiger partial charge in [-0.2, -0.15) is 18.3 Å². The van der Waals surface area contributed by atoms with Gasteiger partial charge in [0.1, 0.15) is 23.5 Å². The molecule has 10 nitrogen and oxygen atoms in total. The molecule has 220 valence electrons. The largest absolute Gasteiger partial charge is 0.416 e. The van der Waals surface area contributed by atoms with E-state index in [-0.39, 0.29) is 23.3 Å². The zero-order valence-electron chi connectivity index (χ0n) is 21.9. The standard InChI is InChI=1S/C27H25F5N8O2/c28-19-3-2-16(27(30,31)32)10-22(19)38-26(42)37-21-4-1-15(9-20(21)29)18-11-17(40-23(18)24(33)35-13-36-40)12-39-7-5-14(6-8-39)25(34)41/h1-4,9-11,13-14H,5-8,12H2,(H2,34,41)(H2,33,35,36)(H2,37,38,42). The maximum Gasteiger partial charge on any atom is 0.416 e. The third-order valence-electron chi connectivity index (χ3n) is 7.10. The van der Waals surface area contributed by atoms with Crippen molar-refractivity contribution in [3.63, 3.8) is 0 Å². The Morgan fingerprint density at radius 1 is 0.976 bits per heavy atom. The van der Waals surface area contributed by atoms with Crippen LogP contribution in [0, 0.1) is 17.6 Å². The predicted octanol–water partition coefficient (Wildman–Crippen LogP) is 4.62. The molecule has 42 heavy (non-hydrogen) atoms. The van der Waals surface area contributed by atoms with Crippen molar-refractivity contribution in [2.24, 2.45) is 11.7 Å². The molecule has 1 fully saturated rings. The van der Waals surface area contributed by atoms with Crippen LogP contribution in [0.5, 0.6) is 0 Å². The third-order valence-corrected chi connectivity index (χ3v) is 7.10. The van der Waals surface area contributed by atoms with Crippen LogP contribution in [0.15, 0.2) is 48.8 Å². The monoisotopic (exact) mass is 588 g/mol. The topological polar surface area (TPSA) is 144 Å². The molecule has 3 heterocycles. The molecule has 0 unspecified atom stereocenters. The lowest BCUT2D eigenvalue weighted by Crippen LogP contribution is -2.38. The third kappa shape index (κ3) is 5.95. The van der Waals surface area contributed by atoms with Crippen molar-refractivity contribution in [3.05, 3.63) is 71.7 Å². The van der Waals surface area contributed by atoms with E-state index in [1.54, 1.807) is 10.6 Å². The van der Waals surface area contributed by atoms with Crippen LogP contribution in [0.3, 0.4) is 0 Å². The normalized spacial score (nSPS) is 14.7. The number of carbonyl (C=O) groups is 2. The number of nitrogens with zero attached hydrogens (tertiary/aromatic N) is 4. The van der Waals surface area contributed by atoms with Gasteiger partial charge in [-0.1, -0.05) is 6.07 Å². The molecule has 2 aromatic carbocycles. The van der Waals surface area contributed by atoms with E-state index in [9.17, 15) is 27.2 Å². The smallest absolute Gasteiger partial charge is 0.382 e. The van der Waals surface area contributed by atoms with Crippen LogP contribution in [-0.2, 0) is 17.5 Å². The number of benzene rings is 2. The molecule has 5 rings (SSSR count). The maximum atomic E-state index is 15.1. The fourth-order valence-corrected chi connectivity index (χ4v) is 4.93. The average molecular weight is 589 g/mol. The minimum Gasteiger partial charge on any atom is -0.382 e. The van der Waals surface area contributed by atoms with Crippen molar-refractivity contribution in [3.8, 4) is 11.1 Å². The lowest BCUT2D eigenvalue weighted by molar-refractivity contribution is -0.137. The number of nitrogens with two attached hydrogens (primary N) is 2. The van der Waals surface area contributed by atoms with Crippen LogP contribution in [0.25, 0.3) is 16.6 Å². The van der Waals surface area contributed by atoms with Gasteiger partial charge < -0.3 is 22.1 Å². The molecular weight excluding hydrogens is 563 g/mol. The van der Waals surface area contributed by atoms with E-state index in [2.05, 4.69) is 20.3 Å². The highest BCUT2D eigenvalue weighted by atomic mass is 19.4. The number of nitrogen functional groups attached to an aromatic ring is 1. The van der Waals surface area contributed by atoms with Gasteiger partial charge in [-0.05, 0) is 67.9 Å². The number of amides is 3. The first-order valence-corrected chi connectivity index (χ1v) is 12.8. The number of carbonyl (C=O) groups excluding carboxylic acids is 2. The Bertz CT molecular complexity index is 1660. The number of rotatable bonds is 6. The summed E-state index contributed by atoms with van der Waals surface area (Å²) in [6.07, 6.45) is -2.18. The zero-order valence-corrected chi connectivity index (χ0v) is 21.9. The Balaban J connectivity index is 1.36. The van der Waals surface area contributed by atoms with Crippen LogP contribution in [-0.4, -0.2) is 44.5 Å². The van der Waals surface area contributed by atoms with Crippen molar-refractivity contribution in [1.29, 1.82) is 0 Å². The first kappa shape index (κ1) is 28.7. The van der Waals surface area contributed by atoms with Crippen LogP contribution in [0.2, 0.25) is 0 Å². The van der Waals surface area contributed by atoms with Crippen molar-refractivity contribution in [2.45, 2.75) is 25.6 Å². The van der Waals surface area contributed by atoms with Crippen molar-refractivity contribution in [1.82, 2.24) is 19.5 Å². The van der Waals surface area contributed by atoms with Crippen molar-refractivity contribution < 1.29 is 31.5 Å². The number of hydrogen-bond acceptors (Lipinski definition) is 6. The molecule has 0 spiro atoms. The summed E-state index contributed by atoms with van der Waals surface area (Å²) >= 11 is 0. The van der Waals surface area contributed by atoms with Crippen LogP contribution >= 0.6 is 0 Å². The highest BCUT2D eigenvalue weighted by molar-refractivity contribution is 6.00. The number of hydrogen-bond donors (Lipinski definition) is 4. The number of halogens is 5. The minimum absolute atomic E-state index is 0.156. The average Bonchev–Trinajstić information content (AvgIpc) is 3.30. The van der Waals surface area contributed by atoms with E-state index in [1.165, 1.54) is 18.5 Å². The highest BCUT2D eigenvalue weighted by Gasteiger charge is 2.31. The summed E-state index contributed by atoms with van der Waals surface area (Å²) in [7, 11) is 0. The highest BCUT2D eigenvalue weighted by Crippen LogP contribution is 2.34. The maximum absolute atomic E-state index is 15.1. The first-order chi connectivity index (χ1) is 19.9. The van der Waals surface area contributed by atoms with E-state index in [0.29, 0.717) is 67.3 Å². The van der Waals surface area contributed by atoms with E-state index in [4.69, 9.17) is 11.5 Å². The van der Waals surface area contributed by atoms with E-state index >= 15 is 4.39 Å².